The molecule has 0 bridgehead atoms. The van der Waals surface area contributed by atoms with E-state index < -0.39 is 7.92 Å². The molecular formula is C31H30N5P. The molecular weight excluding hydrogens is 473 g/mol. The summed E-state index contributed by atoms with van der Waals surface area (Å²) in [4.78, 5) is 14.8. The molecule has 0 aliphatic heterocycles. The van der Waals surface area contributed by atoms with Crippen molar-refractivity contribution in [2.45, 2.75) is 25.9 Å². The highest BCUT2D eigenvalue weighted by molar-refractivity contribution is 7.79. The lowest BCUT2D eigenvalue weighted by molar-refractivity contribution is 0.837. The standard InChI is InChI=1S/C31H30N5P/c1-23(25-15-7-3-8-16-25)32-29-34-30(33-24(2)26-17-9-4-10-18-26)36-31(35-29)37(27-19-11-5-12-20-27)28-21-13-6-14-22-28/h3-24H,1-2H3,(H2,32,33,34,35,36)/t23-,24-/m1/s1. The average molecular weight is 504 g/mol. The number of nitrogens with zero attached hydrogens (tertiary/aromatic N) is 3. The second kappa shape index (κ2) is 11.8. The van der Waals surface area contributed by atoms with Crippen molar-refractivity contribution < 1.29 is 0 Å². The number of benzene rings is 4. The van der Waals surface area contributed by atoms with Crippen molar-refractivity contribution in [1.29, 1.82) is 0 Å². The summed E-state index contributed by atoms with van der Waals surface area (Å²) in [6.45, 7) is 4.24. The number of rotatable bonds is 9. The van der Waals surface area contributed by atoms with E-state index in [1.807, 2.05) is 48.5 Å². The highest BCUT2D eigenvalue weighted by Crippen LogP contribution is 2.32. The van der Waals surface area contributed by atoms with Crippen LogP contribution in [0.3, 0.4) is 0 Å². The SMILES string of the molecule is C[C@@H](Nc1nc(N[C@H](C)c2ccccc2)nc(P(c2ccccc2)c2ccccc2)n1)c1ccccc1. The summed E-state index contributed by atoms with van der Waals surface area (Å²) in [6, 6.07) is 41.7. The van der Waals surface area contributed by atoms with E-state index in [-0.39, 0.29) is 12.1 Å². The predicted molar refractivity (Wildman–Crippen MR) is 155 cm³/mol. The second-order valence-electron chi connectivity index (χ2n) is 8.84. The number of hydrogen-bond acceptors (Lipinski definition) is 5. The van der Waals surface area contributed by atoms with Gasteiger partial charge in [-0.05, 0) is 35.6 Å². The van der Waals surface area contributed by atoms with Crippen molar-refractivity contribution >= 4 is 36.0 Å². The van der Waals surface area contributed by atoms with E-state index in [2.05, 4.69) is 97.3 Å². The van der Waals surface area contributed by atoms with Crippen molar-refractivity contribution in [2.24, 2.45) is 0 Å². The number of hydrogen-bond donors (Lipinski definition) is 2. The van der Waals surface area contributed by atoms with Crippen LogP contribution in [0.1, 0.15) is 37.1 Å². The van der Waals surface area contributed by atoms with Crippen LogP contribution in [-0.2, 0) is 0 Å². The normalized spacial score (nSPS) is 12.6. The van der Waals surface area contributed by atoms with Crippen LogP contribution in [0.5, 0.6) is 0 Å². The smallest absolute Gasteiger partial charge is 0.228 e. The molecule has 0 aliphatic rings. The Kier molecular flexibility index (Phi) is 7.83. The Balaban J connectivity index is 1.56. The van der Waals surface area contributed by atoms with Gasteiger partial charge in [-0.15, -0.1) is 0 Å². The van der Waals surface area contributed by atoms with E-state index in [1.54, 1.807) is 0 Å². The molecule has 0 saturated heterocycles. The monoisotopic (exact) mass is 503 g/mol. The molecule has 4 aromatic carbocycles. The fourth-order valence-corrected chi connectivity index (χ4v) is 6.26. The van der Waals surface area contributed by atoms with Crippen LogP contribution in [-0.4, -0.2) is 15.0 Å². The first-order valence-electron chi connectivity index (χ1n) is 12.5. The molecule has 0 saturated carbocycles. The van der Waals surface area contributed by atoms with Crippen LogP contribution in [0.25, 0.3) is 0 Å². The Morgan fingerprint density at radius 1 is 0.486 bits per heavy atom. The zero-order valence-corrected chi connectivity index (χ0v) is 21.9. The van der Waals surface area contributed by atoms with Gasteiger partial charge in [-0.2, -0.15) is 15.0 Å². The van der Waals surface area contributed by atoms with Gasteiger partial charge in [-0.3, -0.25) is 0 Å². The molecule has 2 atom stereocenters. The third kappa shape index (κ3) is 6.19. The first-order valence-corrected chi connectivity index (χ1v) is 13.8. The molecule has 1 aromatic heterocycles. The first-order chi connectivity index (χ1) is 18.2. The summed E-state index contributed by atoms with van der Waals surface area (Å²) < 4.78 is 0. The molecule has 2 N–H and O–H groups in total. The Bertz CT molecular complexity index is 1290. The Morgan fingerprint density at radius 2 is 0.838 bits per heavy atom. The van der Waals surface area contributed by atoms with E-state index in [0.29, 0.717) is 11.9 Å². The number of aromatic nitrogens is 3. The molecule has 5 nitrogen and oxygen atoms in total. The van der Waals surface area contributed by atoms with Crippen molar-refractivity contribution in [3.8, 4) is 0 Å². The van der Waals surface area contributed by atoms with Gasteiger partial charge in [0.05, 0.1) is 12.1 Å². The summed E-state index contributed by atoms with van der Waals surface area (Å²) in [5, 5.41) is 9.42. The van der Waals surface area contributed by atoms with E-state index in [9.17, 15) is 0 Å². The maximum atomic E-state index is 4.99. The van der Waals surface area contributed by atoms with E-state index in [4.69, 9.17) is 15.0 Å². The predicted octanol–water partition coefficient (Wildman–Crippen LogP) is 5.98. The minimum Gasteiger partial charge on any atom is -0.348 e. The zero-order chi connectivity index (χ0) is 25.5. The van der Waals surface area contributed by atoms with Gasteiger partial charge >= 0.3 is 0 Å². The van der Waals surface area contributed by atoms with Gasteiger partial charge in [0.15, 0.2) is 5.57 Å². The molecule has 0 radical (unpaired) electrons. The minimum atomic E-state index is -0.979. The number of anilines is 2. The molecule has 0 spiro atoms. The third-order valence-corrected chi connectivity index (χ3v) is 8.37. The topological polar surface area (TPSA) is 62.7 Å². The highest BCUT2D eigenvalue weighted by atomic mass is 31.1. The van der Waals surface area contributed by atoms with Crippen LogP contribution in [0, 0.1) is 0 Å². The van der Waals surface area contributed by atoms with Gasteiger partial charge in [0.1, 0.15) is 0 Å². The van der Waals surface area contributed by atoms with Gasteiger partial charge in [0.25, 0.3) is 0 Å². The summed E-state index contributed by atoms with van der Waals surface area (Å²) in [5.74, 6) is 1.12. The van der Waals surface area contributed by atoms with Crippen LogP contribution in [0.4, 0.5) is 11.9 Å². The maximum absolute atomic E-state index is 4.99. The van der Waals surface area contributed by atoms with E-state index in [0.717, 1.165) is 5.57 Å². The molecule has 0 amide bonds. The Labute approximate surface area is 219 Å². The highest BCUT2D eigenvalue weighted by Gasteiger charge is 2.22. The van der Waals surface area contributed by atoms with Crippen molar-refractivity contribution in [2.75, 3.05) is 10.6 Å². The van der Waals surface area contributed by atoms with Crippen LogP contribution in [0.2, 0.25) is 0 Å². The zero-order valence-electron chi connectivity index (χ0n) is 21.0. The van der Waals surface area contributed by atoms with Crippen molar-refractivity contribution in [3.63, 3.8) is 0 Å². The van der Waals surface area contributed by atoms with Gasteiger partial charge < -0.3 is 10.6 Å². The maximum Gasteiger partial charge on any atom is 0.228 e. The molecule has 5 aromatic rings. The lowest BCUT2D eigenvalue weighted by atomic mass is 10.1. The van der Waals surface area contributed by atoms with Crippen molar-refractivity contribution in [1.82, 2.24) is 15.0 Å². The molecule has 0 fully saturated rings. The van der Waals surface area contributed by atoms with Crippen LogP contribution >= 0.6 is 7.92 Å². The molecule has 184 valence electrons. The van der Waals surface area contributed by atoms with Gasteiger partial charge in [-0.25, -0.2) is 0 Å². The molecule has 37 heavy (non-hydrogen) atoms. The van der Waals surface area contributed by atoms with Gasteiger partial charge in [0, 0.05) is 7.92 Å². The summed E-state index contributed by atoms with van der Waals surface area (Å²) >= 11 is 0. The molecule has 5 rings (SSSR count). The third-order valence-electron chi connectivity index (χ3n) is 6.14. The Morgan fingerprint density at radius 3 is 1.22 bits per heavy atom. The van der Waals surface area contributed by atoms with Gasteiger partial charge in [0.2, 0.25) is 11.9 Å². The van der Waals surface area contributed by atoms with Crippen LogP contribution < -0.4 is 26.8 Å². The largest absolute Gasteiger partial charge is 0.348 e. The summed E-state index contributed by atoms with van der Waals surface area (Å²) in [7, 11) is -0.979. The second-order valence-corrected chi connectivity index (χ2v) is 10.9. The van der Waals surface area contributed by atoms with E-state index in [1.165, 1.54) is 21.7 Å². The van der Waals surface area contributed by atoms with E-state index >= 15 is 0 Å². The fourth-order valence-electron chi connectivity index (χ4n) is 4.17. The molecule has 1 heterocycles. The lowest BCUT2D eigenvalue weighted by Crippen LogP contribution is -2.28. The Hall–Kier alpha value is -4.08. The van der Waals surface area contributed by atoms with Crippen molar-refractivity contribution in [3.05, 3.63) is 132 Å². The summed E-state index contributed by atoms with van der Waals surface area (Å²) in [5.41, 5.74) is 3.10. The first kappa shape index (κ1) is 24.6. The fraction of sp³-hybridized carbons (Fsp3) is 0.129. The van der Waals surface area contributed by atoms with Gasteiger partial charge in [-0.1, -0.05) is 121 Å². The molecule has 0 aliphatic carbocycles. The minimum absolute atomic E-state index is 0.0375. The average Bonchev–Trinajstić information content (AvgIpc) is 2.95. The number of nitrogens with one attached hydrogen (secondary N) is 2. The quantitative estimate of drug-likeness (QED) is 0.243. The summed E-state index contributed by atoms with van der Waals surface area (Å²) in [6.07, 6.45) is 0. The lowest BCUT2D eigenvalue weighted by Gasteiger charge is -2.21. The van der Waals surface area contributed by atoms with Crippen LogP contribution in [0.15, 0.2) is 121 Å². The molecule has 6 heteroatoms. The molecule has 0 unspecified atom stereocenters.